The first kappa shape index (κ1) is 19.9. The van der Waals surface area contributed by atoms with Crippen LogP contribution in [0.5, 0.6) is 0 Å². The molecule has 26 heavy (non-hydrogen) atoms. The summed E-state index contributed by atoms with van der Waals surface area (Å²) >= 11 is 0. The van der Waals surface area contributed by atoms with Gasteiger partial charge in [-0.1, -0.05) is 18.2 Å². The topological polar surface area (TPSA) is 75.7 Å². The number of ether oxygens (including phenoxy) is 1. The molecule has 1 N–H and O–H groups in total. The number of nitrogens with zero attached hydrogens (tertiary/aromatic N) is 1. The quantitative estimate of drug-likeness (QED) is 0.762. The maximum Gasteiger partial charge on any atom is 0.264 e. The number of carbonyl (C=O) groups excluding carboxylic acids is 1. The smallest absolute Gasteiger partial charge is 0.264 e. The summed E-state index contributed by atoms with van der Waals surface area (Å²) in [7, 11) is -2.48. The van der Waals surface area contributed by atoms with Crippen molar-refractivity contribution < 1.29 is 22.3 Å². The fourth-order valence-corrected chi connectivity index (χ4v) is 3.83. The molecule has 0 aliphatic rings. The molecule has 2 aromatic carbocycles. The van der Waals surface area contributed by atoms with Gasteiger partial charge in [0.05, 0.1) is 17.2 Å². The molecule has 0 bridgehead atoms. The predicted molar refractivity (Wildman–Crippen MR) is 96.9 cm³/mol. The van der Waals surface area contributed by atoms with Gasteiger partial charge in [-0.2, -0.15) is 0 Å². The van der Waals surface area contributed by atoms with E-state index in [-0.39, 0.29) is 16.6 Å². The van der Waals surface area contributed by atoms with Gasteiger partial charge >= 0.3 is 0 Å². The maximum atomic E-state index is 13.2. The van der Waals surface area contributed by atoms with Crippen molar-refractivity contribution >= 4 is 21.6 Å². The van der Waals surface area contributed by atoms with Gasteiger partial charge in [0.15, 0.2) is 0 Å². The van der Waals surface area contributed by atoms with E-state index in [0.29, 0.717) is 6.61 Å². The largest absolute Gasteiger partial charge is 0.383 e. The number of sulfonamides is 1. The molecule has 0 saturated heterocycles. The van der Waals surface area contributed by atoms with E-state index in [4.69, 9.17) is 4.74 Å². The van der Waals surface area contributed by atoms with Gasteiger partial charge < -0.3 is 10.1 Å². The SMILES string of the molecule is COCC(C)NC(=O)CN(c1ccc(F)cc1)S(=O)(=O)c1ccccc1. The van der Waals surface area contributed by atoms with Crippen LogP contribution >= 0.6 is 0 Å². The molecule has 0 fully saturated rings. The number of methoxy groups -OCH3 is 1. The van der Waals surface area contributed by atoms with Crippen LogP contribution in [0.25, 0.3) is 0 Å². The van der Waals surface area contributed by atoms with Crippen molar-refractivity contribution in [2.45, 2.75) is 17.9 Å². The number of amides is 1. The van der Waals surface area contributed by atoms with E-state index in [1.807, 2.05) is 0 Å². The van der Waals surface area contributed by atoms with Crippen LogP contribution in [-0.4, -0.2) is 40.6 Å². The second-order valence-electron chi connectivity index (χ2n) is 5.73. The van der Waals surface area contributed by atoms with Crippen LogP contribution in [0.15, 0.2) is 59.5 Å². The zero-order chi connectivity index (χ0) is 19.2. The van der Waals surface area contributed by atoms with Crippen LogP contribution in [0.2, 0.25) is 0 Å². The van der Waals surface area contributed by atoms with Crippen LogP contribution < -0.4 is 9.62 Å². The Kier molecular flexibility index (Phi) is 6.70. The predicted octanol–water partition coefficient (Wildman–Crippen LogP) is 2.17. The average molecular weight is 380 g/mol. The summed E-state index contributed by atoms with van der Waals surface area (Å²) in [5.74, 6) is -0.984. The highest BCUT2D eigenvalue weighted by Crippen LogP contribution is 2.23. The Labute approximate surface area is 152 Å². The van der Waals surface area contributed by atoms with E-state index in [1.54, 1.807) is 25.1 Å². The van der Waals surface area contributed by atoms with E-state index in [9.17, 15) is 17.6 Å². The van der Waals surface area contributed by atoms with Gasteiger partial charge in [-0.05, 0) is 43.3 Å². The minimum absolute atomic E-state index is 0.0436. The Hall–Kier alpha value is -2.45. The summed E-state index contributed by atoms with van der Waals surface area (Å²) in [4.78, 5) is 12.4. The third-order valence-electron chi connectivity index (χ3n) is 3.56. The average Bonchev–Trinajstić information content (AvgIpc) is 2.61. The molecule has 0 aliphatic carbocycles. The number of halogens is 1. The molecular formula is C18H21FN2O4S. The van der Waals surface area contributed by atoms with E-state index < -0.39 is 28.3 Å². The summed E-state index contributed by atoms with van der Waals surface area (Å²) in [6.45, 7) is 1.61. The van der Waals surface area contributed by atoms with Crippen LogP contribution in [0.4, 0.5) is 10.1 Å². The van der Waals surface area contributed by atoms with Gasteiger partial charge in [-0.15, -0.1) is 0 Å². The third-order valence-corrected chi connectivity index (χ3v) is 5.35. The van der Waals surface area contributed by atoms with Crippen molar-refractivity contribution in [2.24, 2.45) is 0 Å². The Morgan fingerprint density at radius 2 is 1.77 bits per heavy atom. The zero-order valence-electron chi connectivity index (χ0n) is 14.6. The summed E-state index contributed by atoms with van der Waals surface area (Å²) < 4.78 is 45.1. The van der Waals surface area contributed by atoms with E-state index in [0.717, 1.165) is 16.4 Å². The molecule has 0 saturated carbocycles. The number of benzene rings is 2. The second kappa shape index (κ2) is 8.77. The second-order valence-corrected chi connectivity index (χ2v) is 7.59. The van der Waals surface area contributed by atoms with Gasteiger partial charge in [0.25, 0.3) is 10.0 Å². The lowest BCUT2D eigenvalue weighted by Crippen LogP contribution is -2.44. The van der Waals surface area contributed by atoms with Crippen molar-refractivity contribution in [3.63, 3.8) is 0 Å². The van der Waals surface area contributed by atoms with Crippen molar-refractivity contribution in [2.75, 3.05) is 24.6 Å². The number of carbonyl (C=O) groups is 1. The Balaban J connectivity index is 2.34. The molecule has 1 unspecified atom stereocenters. The Morgan fingerprint density at radius 1 is 1.15 bits per heavy atom. The summed E-state index contributed by atoms with van der Waals surface area (Å²) in [6, 6.07) is 12.4. The molecule has 140 valence electrons. The normalized spacial score (nSPS) is 12.4. The molecule has 0 aliphatic heterocycles. The number of hydrogen-bond acceptors (Lipinski definition) is 4. The number of anilines is 1. The van der Waals surface area contributed by atoms with E-state index >= 15 is 0 Å². The highest BCUT2D eigenvalue weighted by atomic mass is 32.2. The van der Waals surface area contributed by atoms with E-state index in [2.05, 4.69) is 5.32 Å². The van der Waals surface area contributed by atoms with Gasteiger partial charge in [-0.3, -0.25) is 9.10 Å². The highest BCUT2D eigenvalue weighted by molar-refractivity contribution is 7.92. The summed E-state index contributed by atoms with van der Waals surface area (Å²) in [5, 5.41) is 2.67. The van der Waals surface area contributed by atoms with Crippen LogP contribution in [0.1, 0.15) is 6.92 Å². The number of rotatable bonds is 8. The highest BCUT2D eigenvalue weighted by Gasteiger charge is 2.27. The van der Waals surface area contributed by atoms with Crippen LogP contribution in [0, 0.1) is 5.82 Å². The van der Waals surface area contributed by atoms with Crippen molar-refractivity contribution in [1.82, 2.24) is 5.32 Å². The fraction of sp³-hybridized carbons (Fsp3) is 0.278. The molecule has 0 heterocycles. The first-order valence-electron chi connectivity index (χ1n) is 7.96. The van der Waals surface area contributed by atoms with Gasteiger partial charge in [-0.25, -0.2) is 12.8 Å². The number of nitrogens with one attached hydrogen (secondary N) is 1. The van der Waals surface area contributed by atoms with Crippen molar-refractivity contribution in [3.05, 3.63) is 60.4 Å². The van der Waals surface area contributed by atoms with Crippen molar-refractivity contribution in [3.8, 4) is 0 Å². The lowest BCUT2D eigenvalue weighted by Gasteiger charge is -2.25. The van der Waals surface area contributed by atoms with Gasteiger partial charge in [0.2, 0.25) is 5.91 Å². The third kappa shape index (κ3) is 5.03. The lowest BCUT2D eigenvalue weighted by molar-refractivity contribution is -0.120. The first-order chi connectivity index (χ1) is 12.3. The van der Waals surface area contributed by atoms with Crippen LogP contribution in [-0.2, 0) is 19.6 Å². The monoisotopic (exact) mass is 380 g/mol. The lowest BCUT2D eigenvalue weighted by atomic mass is 10.3. The van der Waals surface area contributed by atoms with Gasteiger partial charge in [0, 0.05) is 13.2 Å². The molecule has 2 rings (SSSR count). The molecule has 1 amide bonds. The molecule has 0 radical (unpaired) electrons. The molecular weight excluding hydrogens is 359 g/mol. The summed E-state index contributed by atoms with van der Waals surface area (Å²) in [6.07, 6.45) is 0. The first-order valence-corrected chi connectivity index (χ1v) is 9.40. The molecule has 1 atom stereocenters. The minimum atomic E-state index is -3.99. The minimum Gasteiger partial charge on any atom is -0.383 e. The van der Waals surface area contributed by atoms with Gasteiger partial charge in [0.1, 0.15) is 12.4 Å². The zero-order valence-corrected chi connectivity index (χ0v) is 15.4. The Bertz CT molecular complexity index is 826. The number of hydrogen-bond donors (Lipinski definition) is 1. The molecule has 6 nitrogen and oxygen atoms in total. The molecule has 8 heteroatoms. The maximum absolute atomic E-state index is 13.2. The fourth-order valence-electron chi connectivity index (χ4n) is 2.38. The van der Waals surface area contributed by atoms with E-state index in [1.165, 1.54) is 31.4 Å². The molecule has 0 aromatic heterocycles. The van der Waals surface area contributed by atoms with Crippen LogP contribution in [0.3, 0.4) is 0 Å². The Morgan fingerprint density at radius 3 is 2.35 bits per heavy atom. The standard InChI is InChI=1S/C18H21FN2O4S/c1-14(13-25-2)20-18(22)12-21(16-10-8-15(19)9-11-16)26(23,24)17-6-4-3-5-7-17/h3-11,14H,12-13H2,1-2H3,(H,20,22). The van der Waals surface area contributed by atoms with Crippen molar-refractivity contribution in [1.29, 1.82) is 0 Å². The molecule has 0 spiro atoms. The summed E-state index contributed by atoms with van der Waals surface area (Å²) in [5.41, 5.74) is 0.199. The molecule has 2 aromatic rings.